The van der Waals surface area contributed by atoms with Crippen molar-refractivity contribution in [1.82, 2.24) is 5.32 Å². The zero-order chi connectivity index (χ0) is 14.1. The van der Waals surface area contributed by atoms with Crippen LogP contribution in [-0.4, -0.2) is 30.3 Å². The van der Waals surface area contributed by atoms with Crippen molar-refractivity contribution in [2.75, 3.05) is 18.5 Å². The Morgan fingerprint density at radius 1 is 1.42 bits per heavy atom. The first-order chi connectivity index (χ1) is 9.11. The van der Waals surface area contributed by atoms with E-state index in [4.69, 9.17) is 9.84 Å². The largest absolute Gasteiger partial charge is 0.482 e. The highest BCUT2D eigenvalue weighted by Crippen LogP contribution is 2.17. The lowest BCUT2D eigenvalue weighted by Crippen LogP contribution is -2.29. The third-order valence-corrected chi connectivity index (χ3v) is 2.09. The van der Waals surface area contributed by atoms with Gasteiger partial charge in [-0.25, -0.2) is 9.59 Å². The molecule has 19 heavy (non-hydrogen) atoms. The first kappa shape index (κ1) is 14.6. The van der Waals surface area contributed by atoms with Crippen LogP contribution in [0.1, 0.15) is 6.42 Å². The third kappa shape index (κ3) is 6.11. The van der Waals surface area contributed by atoms with E-state index in [9.17, 15) is 9.59 Å². The Hall–Kier alpha value is -2.50. The van der Waals surface area contributed by atoms with Gasteiger partial charge >= 0.3 is 12.0 Å². The summed E-state index contributed by atoms with van der Waals surface area (Å²) in [5.74, 6) is -0.674. The molecule has 0 bridgehead atoms. The molecule has 0 fully saturated rings. The lowest BCUT2D eigenvalue weighted by Gasteiger charge is -2.08. The molecule has 6 heteroatoms. The summed E-state index contributed by atoms with van der Waals surface area (Å²) < 4.78 is 5.00. The number of carbonyl (C=O) groups excluding carboxylic acids is 1. The van der Waals surface area contributed by atoms with E-state index in [-0.39, 0.29) is 6.03 Å². The van der Waals surface area contributed by atoms with Gasteiger partial charge in [0.1, 0.15) is 5.75 Å². The van der Waals surface area contributed by atoms with Gasteiger partial charge in [0.25, 0.3) is 0 Å². The first-order valence-electron chi connectivity index (χ1n) is 5.72. The van der Waals surface area contributed by atoms with E-state index in [0.717, 1.165) is 0 Å². The second-order valence-corrected chi connectivity index (χ2v) is 3.67. The predicted octanol–water partition coefficient (Wildman–Crippen LogP) is 1.85. The molecule has 0 atom stereocenters. The van der Waals surface area contributed by atoms with Crippen LogP contribution >= 0.6 is 0 Å². The Kier molecular flexibility index (Phi) is 5.94. The molecule has 2 amide bonds. The Labute approximate surface area is 111 Å². The average Bonchev–Trinajstić information content (AvgIpc) is 2.37. The van der Waals surface area contributed by atoms with Crippen LogP contribution in [0.3, 0.4) is 0 Å². The van der Waals surface area contributed by atoms with Crippen molar-refractivity contribution in [3.63, 3.8) is 0 Å². The van der Waals surface area contributed by atoms with Crippen LogP contribution in [0.5, 0.6) is 5.75 Å². The molecule has 6 nitrogen and oxygen atoms in total. The summed E-state index contributed by atoms with van der Waals surface area (Å²) in [7, 11) is 0. The number of hydrogen-bond donors (Lipinski definition) is 3. The van der Waals surface area contributed by atoms with Gasteiger partial charge in [-0.3, -0.25) is 0 Å². The topological polar surface area (TPSA) is 87.7 Å². The fourth-order valence-electron chi connectivity index (χ4n) is 1.27. The first-order valence-corrected chi connectivity index (χ1v) is 5.72. The predicted molar refractivity (Wildman–Crippen MR) is 71.4 cm³/mol. The van der Waals surface area contributed by atoms with Gasteiger partial charge in [-0.05, 0) is 18.6 Å². The van der Waals surface area contributed by atoms with Gasteiger partial charge in [0.15, 0.2) is 6.61 Å². The number of carboxylic acids is 1. The molecule has 0 heterocycles. The molecule has 3 N–H and O–H groups in total. The summed E-state index contributed by atoms with van der Waals surface area (Å²) in [5.41, 5.74) is 0.527. The number of aliphatic carboxylic acids is 1. The maximum Gasteiger partial charge on any atom is 0.341 e. The fraction of sp³-hybridized carbons (Fsp3) is 0.231. The minimum absolute atomic E-state index is 0.336. The minimum atomic E-state index is -1.06. The van der Waals surface area contributed by atoms with Crippen LogP contribution in [0.25, 0.3) is 0 Å². The van der Waals surface area contributed by atoms with Crippen LogP contribution in [0.15, 0.2) is 36.9 Å². The van der Waals surface area contributed by atoms with E-state index in [2.05, 4.69) is 17.2 Å². The minimum Gasteiger partial charge on any atom is -0.482 e. The van der Waals surface area contributed by atoms with Gasteiger partial charge in [0.2, 0.25) is 0 Å². The van der Waals surface area contributed by atoms with Gasteiger partial charge in [-0.1, -0.05) is 12.1 Å². The van der Waals surface area contributed by atoms with Crippen molar-refractivity contribution in [2.45, 2.75) is 6.42 Å². The van der Waals surface area contributed by atoms with Gasteiger partial charge in [0.05, 0.1) is 0 Å². The van der Waals surface area contributed by atoms with Gasteiger partial charge in [0, 0.05) is 18.3 Å². The van der Waals surface area contributed by atoms with Crippen LogP contribution in [0.4, 0.5) is 10.5 Å². The summed E-state index contributed by atoms with van der Waals surface area (Å²) in [6.07, 6.45) is 2.40. The molecular formula is C13H16N2O4. The number of carbonyl (C=O) groups is 2. The van der Waals surface area contributed by atoms with E-state index >= 15 is 0 Å². The molecule has 1 aromatic rings. The fourth-order valence-corrected chi connectivity index (χ4v) is 1.27. The quantitative estimate of drug-likeness (QED) is 0.518. The number of hydrogen-bond acceptors (Lipinski definition) is 3. The SMILES string of the molecule is C=CCCNC(=O)Nc1cccc(OCC(=O)O)c1. The number of benzene rings is 1. The number of rotatable bonds is 7. The summed E-state index contributed by atoms with van der Waals surface area (Å²) in [4.78, 5) is 21.8. The Balaban J connectivity index is 2.49. The Morgan fingerprint density at radius 2 is 2.21 bits per heavy atom. The lowest BCUT2D eigenvalue weighted by molar-refractivity contribution is -0.139. The van der Waals surface area contributed by atoms with Crippen molar-refractivity contribution >= 4 is 17.7 Å². The smallest absolute Gasteiger partial charge is 0.341 e. The van der Waals surface area contributed by atoms with E-state index in [1.54, 1.807) is 30.3 Å². The molecule has 0 aliphatic rings. The Morgan fingerprint density at radius 3 is 2.89 bits per heavy atom. The molecule has 0 saturated heterocycles. The summed E-state index contributed by atoms with van der Waals surface area (Å²) in [5, 5.41) is 13.8. The summed E-state index contributed by atoms with van der Waals surface area (Å²) in [6.45, 7) is 3.63. The number of amides is 2. The highest BCUT2D eigenvalue weighted by molar-refractivity contribution is 5.89. The van der Waals surface area contributed by atoms with Gasteiger partial charge < -0.3 is 20.5 Å². The monoisotopic (exact) mass is 264 g/mol. The maximum absolute atomic E-state index is 11.5. The van der Waals surface area contributed by atoms with Crippen LogP contribution in [-0.2, 0) is 4.79 Å². The molecule has 102 valence electrons. The molecule has 0 aliphatic carbocycles. The van der Waals surface area contributed by atoms with Crippen LogP contribution < -0.4 is 15.4 Å². The van der Waals surface area contributed by atoms with E-state index in [1.165, 1.54) is 0 Å². The number of ether oxygens (including phenoxy) is 1. The second-order valence-electron chi connectivity index (χ2n) is 3.67. The molecule has 0 saturated carbocycles. The van der Waals surface area contributed by atoms with Crippen molar-refractivity contribution in [3.05, 3.63) is 36.9 Å². The second kappa shape index (κ2) is 7.75. The van der Waals surface area contributed by atoms with Gasteiger partial charge in [-0.2, -0.15) is 0 Å². The lowest BCUT2D eigenvalue weighted by atomic mass is 10.3. The molecule has 0 aromatic heterocycles. The number of nitrogens with one attached hydrogen (secondary N) is 2. The highest BCUT2D eigenvalue weighted by atomic mass is 16.5. The number of carboxylic acid groups (broad SMARTS) is 1. The van der Waals surface area contributed by atoms with Crippen LogP contribution in [0.2, 0.25) is 0 Å². The molecule has 1 rings (SSSR count). The molecule has 0 spiro atoms. The maximum atomic E-state index is 11.5. The van der Waals surface area contributed by atoms with E-state index in [1.807, 2.05) is 0 Å². The zero-order valence-electron chi connectivity index (χ0n) is 10.4. The van der Waals surface area contributed by atoms with E-state index in [0.29, 0.717) is 24.4 Å². The number of urea groups is 1. The van der Waals surface area contributed by atoms with Crippen molar-refractivity contribution in [1.29, 1.82) is 0 Å². The standard InChI is InChI=1S/C13H16N2O4/c1-2-3-7-14-13(18)15-10-5-4-6-11(8-10)19-9-12(16)17/h2,4-6,8H,1,3,7,9H2,(H,16,17)(H2,14,15,18). The van der Waals surface area contributed by atoms with Gasteiger partial charge in [-0.15, -0.1) is 6.58 Å². The summed E-state index contributed by atoms with van der Waals surface area (Å²) >= 11 is 0. The normalized spacial score (nSPS) is 9.47. The Bertz CT molecular complexity index is 460. The van der Waals surface area contributed by atoms with Crippen molar-refractivity contribution in [2.24, 2.45) is 0 Å². The van der Waals surface area contributed by atoms with Crippen molar-refractivity contribution in [3.8, 4) is 5.75 Å². The average molecular weight is 264 g/mol. The number of anilines is 1. The summed E-state index contributed by atoms with van der Waals surface area (Å²) in [6, 6.07) is 6.18. The molecule has 0 radical (unpaired) electrons. The van der Waals surface area contributed by atoms with E-state index < -0.39 is 12.6 Å². The molecular weight excluding hydrogens is 248 g/mol. The zero-order valence-corrected chi connectivity index (χ0v) is 10.4. The molecule has 0 aliphatic heterocycles. The third-order valence-electron chi connectivity index (χ3n) is 2.09. The molecule has 1 aromatic carbocycles. The molecule has 0 unspecified atom stereocenters. The van der Waals surface area contributed by atoms with Crippen LogP contribution in [0, 0.1) is 0 Å². The van der Waals surface area contributed by atoms with Crippen molar-refractivity contribution < 1.29 is 19.4 Å². The highest BCUT2D eigenvalue weighted by Gasteiger charge is 2.03.